The second kappa shape index (κ2) is 12.2. The fourth-order valence-electron chi connectivity index (χ4n) is 4.33. The van der Waals surface area contributed by atoms with Crippen LogP contribution in [0.1, 0.15) is 59.9 Å². The molecule has 1 aromatic carbocycles. The van der Waals surface area contributed by atoms with Crippen molar-refractivity contribution in [2.24, 2.45) is 0 Å². The average Bonchev–Trinajstić information content (AvgIpc) is 2.71. The Morgan fingerprint density at radius 1 is 1.06 bits per heavy atom. The van der Waals surface area contributed by atoms with Gasteiger partial charge in [0.1, 0.15) is 11.3 Å². The van der Waals surface area contributed by atoms with Gasteiger partial charge in [-0.1, -0.05) is 11.6 Å². The lowest BCUT2D eigenvalue weighted by Gasteiger charge is -2.35. The van der Waals surface area contributed by atoms with Crippen molar-refractivity contribution in [2.75, 3.05) is 33.8 Å². The van der Waals surface area contributed by atoms with E-state index >= 15 is 0 Å². The van der Waals surface area contributed by atoms with Crippen molar-refractivity contribution in [1.82, 2.24) is 4.90 Å². The summed E-state index contributed by atoms with van der Waals surface area (Å²) in [6.45, 7) is 14.3. The van der Waals surface area contributed by atoms with Crippen LogP contribution in [-0.4, -0.2) is 61.2 Å². The number of fused-ring (bicyclic) bond motifs is 1. The summed E-state index contributed by atoms with van der Waals surface area (Å²) in [5.74, 6) is 0.959. The van der Waals surface area contributed by atoms with Gasteiger partial charge in [-0.15, -0.1) is 0 Å². The first kappa shape index (κ1) is 27.6. The molecule has 0 atom stereocenters. The van der Waals surface area contributed by atoms with Crippen LogP contribution >= 0.6 is 0 Å². The van der Waals surface area contributed by atoms with E-state index in [1.807, 2.05) is 30.9 Å². The first-order valence-electron chi connectivity index (χ1n) is 12.4. The molecule has 6 nitrogen and oxygen atoms in total. The van der Waals surface area contributed by atoms with E-state index < -0.39 is 0 Å². The van der Waals surface area contributed by atoms with E-state index in [2.05, 4.69) is 47.9 Å². The number of rotatable bonds is 12. The summed E-state index contributed by atoms with van der Waals surface area (Å²) in [7, 11) is 4.22. The summed E-state index contributed by atoms with van der Waals surface area (Å²) in [6.07, 6.45) is 4.60. The van der Waals surface area contributed by atoms with Gasteiger partial charge in [0.25, 0.3) is 5.91 Å². The van der Waals surface area contributed by atoms with E-state index in [1.165, 1.54) is 11.6 Å². The first-order chi connectivity index (χ1) is 15.9. The highest BCUT2D eigenvalue weighted by atomic mass is 16.5. The fraction of sp³-hybridized carbons (Fsp3) is 0.571. The summed E-state index contributed by atoms with van der Waals surface area (Å²) < 4.78 is 12.3. The zero-order valence-electron chi connectivity index (χ0n) is 22.3. The maximum Gasteiger partial charge on any atom is 0.336 e. The molecule has 0 saturated carbocycles. The Kier molecular flexibility index (Phi) is 9.92. The Hall–Kier alpha value is -2.60. The van der Waals surface area contributed by atoms with Crippen LogP contribution in [0.25, 0.3) is 11.0 Å². The van der Waals surface area contributed by atoms with E-state index in [0.29, 0.717) is 29.6 Å². The topological polar surface area (TPSA) is 59.8 Å². The highest BCUT2D eigenvalue weighted by molar-refractivity contribution is 5.82. The van der Waals surface area contributed by atoms with E-state index in [0.717, 1.165) is 36.1 Å². The number of amides is 1. The predicted octanol–water partition coefficient (Wildman–Crippen LogP) is 5.18. The monoisotopic (exact) mass is 471 g/mol. The summed E-state index contributed by atoms with van der Waals surface area (Å²) in [5, 5.41) is 0.893. The minimum Gasteiger partial charge on any atom is -0.493 e. The largest absolute Gasteiger partial charge is 0.493 e. The molecule has 0 N–H and O–H groups in total. The summed E-state index contributed by atoms with van der Waals surface area (Å²) in [4.78, 5) is 26.6. The van der Waals surface area contributed by atoms with Crippen LogP contribution in [-0.2, 0) is 11.2 Å². The fourth-order valence-corrected chi connectivity index (χ4v) is 4.33. The normalized spacial score (nSPS) is 11.8. The maximum absolute atomic E-state index is 12.8. The molecule has 34 heavy (non-hydrogen) atoms. The van der Waals surface area contributed by atoms with E-state index in [9.17, 15) is 9.59 Å². The third-order valence-electron chi connectivity index (χ3n) is 5.94. The molecule has 0 aliphatic heterocycles. The zero-order chi connectivity index (χ0) is 25.5. The van der Waals surface area contributed by atoms with Crippen LogP contribution in [0.3, 0.4) is 0 Å². The highest BCUT2D eigenvalue weighted by Gasteiger charge is 2.27. The van der Waals surface area contributed by atoms with Gasteiger partial charge in [0.05, 0.1) is 27.2 Å². The molecule has 0 aliphatic rings. The average molecular weight is 472 g/mol. The molecule has 6 heteroatoms. The van der Waals surface area contributed by atoms with Gasteiger partial charge >= 0.3 is 5.63 Å². The van der Waals surface area contributed by atoms with Crippen molar-refractivity contribution < 1.29 is 18.4 Å². The zero-order valence-corrected chi connectivity index (χ0v) is 22.3. The number of nitrogens with zero attached hydrogens (tertiary/aromatic N) is 2. The van der Waals surface area contributed by atoms with Crippen molar-refractivity contribution in [3.63, 3.8) is 0 Å². The lowest BCUT2D eigenvalue weighted by molar-refractivity contribution is -0.883. The SMILES string of the molecule is CC(C)=CCc1c(OCCCC[N+](C)(C)CC(=O)N(C(C)C)C(C)C)ccc2ccc(=O)oc12. The van der Waals surface area contributed by atoms with Crippen molar-refractivity contribution in [3.8, 4) is 5.75 Å². The van der Waals surface area contributed by atoms with Crippen molar-refractivity contribution in [1.29, 1.82) is 0 Å². The number of allylic oxidation sites excluding steroid dienone is 2. The van der Waals surface area contributed by atoms with Gasteiger partial charge in [-0.3, -0.25) is 4.79 Å². The molecule has 2 rings (SSSR count). The van der Waals surface area contributed by atoms with Crippen molar-refractivity contribution in [3.05, 3.63) is 51.9 Å². The Balaban J connectivity index is 1.98. The summed E-state index contributed by atoms with van der Waals surface area (Å²) >= 11 is 0. The van der Waals surface area contributed by atoms with Gasteiger partial charge in [0.2, 0.25) is 0 Å². The quantitative estimate of drug-likeness (QED) is 0.185. The number of unbranched alkanes of at least 4 members (excludes halogenated alkanes) is 1. The molecule has 0 bridgehead atoms. The Labute approximate surface area is 204 Å². The van der Waals surface area contributed by atoms with Crippen LogP contribution in [0.5, 0.6) is 5.75 Å². The lowest BCUT2D eigenvalue weighted by atomic mass is 10.1. The molecule has 1 aromatic heterocycles. The van der Waals surface area contributed by atoms with Crippen LogP contribution in [0, 0.1) is 0 Å². The third kappa shape index (κ3) is 8.01. The van der Waals surface area contributed by atoms with Crippen molar-refractivity contribution >= 4 is 16.9 Å². The molecule has 1 amide bonds. The number of carbonyl (C=O) groups excluding carboxylic acids is 1. The standard InChI is InChI=1S/C28H43N2O4/c1-20(2)11-14-24-25(15-12-23-13-16-27(32)34-28(23)24)33-18-10-9-17-30(7,8)19-26(31)29(21(3)4)22(5)6/h11-13,15-16,21-22H,9-10,14,17-19H2,1-8H3/q+1. The smallest absolute Gasteiger partial charge is 0.336 e. The second-order valence-corrected chi connectivity index (χ2v) is 10.6. The molecule has 2 aromatic rings. The number of likely N-dealkylation sites (N-methyl/N-ethyl adjacent to an activating group) is 1. The number of hydrogen-bond acceptors (Lipinski definition) is 4. The minimum absolute atomic E-state index is 0.202. The molecule has 0 radical (unpaired) electrons. The molecule has 1 heterocycles. The van der Waals surface area contributed by atoms with Crippen LogP contribution in [0.4, 0.5) is 0 Å². The Morgan fingerprint density at radius 2 is 1.71 bits per heavy atom. The highest BCUT2D eigenvalue weighted by Crippen LogP contribution is 2.28. The summed E-state index contributed by atoms with van der Waals surface area (Å²) in [5.41, 5.74) is 2.34. The molecular formula is C28H43N2O4+. The third-order valence-corrected chi connectivity index (χ3v) is 5.94. The van der Waals surface area contributed by atoms with Gasteiger partial charge in [0, 0.05) is 29.1 Å². The molecule has 188 valence electrons. The van der Waals surface area contributed by atoms with E-state index in [1.54, 1.807) is 6.07 Å². The van der Waals surface area contributed by atoms with E-state index in [-0.39, 0.29) is 23.6 Å². The number of quaternary nitrogens is 1. The Morgan fingerprint density at radius 3 is 2.32 bits per heavy atom. The van der Waals surface area contributed by atoms with Crippen LogP contribution in [0.15, 0.2) is 45.1 Å². The number of benzene rings is 1. The number of carbonyl (C=O) groups is 1. The first-order valence-corrected chi connectivity index (χ1v) is 12.4. The molecular weight excluding hydrogens is 428 g/mol. The summed E-state index contributed by atoms with van der Waals surface area (Å²) in [6, 6.07) is 7.53. The van der Waals surface area contributed by atoms with Gasteiger partial charge < -0.3 is 18.5 Å². The number of ether oxygens (including phenoxy) is 1. The van der Waals surface area contributed by atoms with Gasteiger partial charge in [0.15, 0.2) is 6.54 Å². The lowest BCUT2D eigenvalue weighted by Crippen LogP contribution is -2.52. The second-order valence-electron chi connectivity index (χ2n) is 10.6. The number of hydrogen-bond donors (Lipinski definition) is 0. The molecule has 0 unspecified atom stereocenters. The van der Waals surface area contributed by atoms with Crippen LogP contribution < -0.4 is 10.4 Å². The van der Waals surface area contributed by atoms with E-state index in [4.69, 9.17) is 9.15 Å². The molecule has 0 spiro atoms. The van der Waals surface area contributed by atoms with Crippen LogP contribution in [0.2, 0.25) is 0 Å². The predicted molar refractivity (Wildman–Crippen MR) is 139 cm³/mol. The van der Waals surface area contributed by atoms with Gasteiger partial charge in [-0.2, -0.15) is 0 Å². The Bertz CT molecular complexity index is 1040. The van der Waals surface area contributed by atoms with Gasteiger partial charge in [-0.05, 0) is 79.0 Å². The maximum atomic E-state index is 12.8. The van der Waals surface area contributed by atoms with Gasteiger partial charge in [-0.25, -0.2) is 4.79 Å². The molecule has 0 fully saturated rings. The minimum atomic E-state index is -0.355. The molecule has 0 saturated heterocycles. The van der Waals surface area contributed by atoms with Crippen molar-refractivity contribution in [2.45, 2.75) is 72.9 Å². The molecule has 0 aliphatic carbocycles.